The highest BCUT2D eigenvalue weighted by Gasteiger charge is 2.20. The monoisotopic (exact) mass is 370 g/mol. The number of alkyl halides is 2. The van der Waals surface area contributed by atoms with E-state index in [1.54, 1.807) is 36.4 Å². The Morgan fingerprint density at radius 1 is 0.826 bits per heavy atom. The minimum absolute atomic E-state index is 0.191. The van der Waals surface area contributed by atoms with Gasteiger partial charge < -0.3 is 0 Å². The van der Waals surface area contributed by atoms with Gasteiger partial charge >= 0.3 is 0 Å². The molecule has 0 saturated carbocycles. The lowest BCUT2D eigenvalue weighted by Gasteiger charge is -2.12. The first-order chi connectivity index (χ1) is 10.9. The third-order valence-corrected chi connectivity index (χ3v) is 6.65. The summed E-state index contributed by atoms with van der Waals surface area (Å²) in [6.45, 7) is 3.93. The molecular weight excluding hydrogens is 351 g/mol. The Hall–Kier alpha value is -1.03. The third-order valence-electron chi connectivity index (χ3n) is 3.78. The Balaban J connectivity index is 2.46. The highest BCUT2D eigenvalue weighted by atomic mass is 35.5. The molecule has 0 bridgehead atoms. The zero-order valence-electron chi connectivity index (χ0n) is 13.2. The lowest BCUT2D eigenvalue weighted by atomic mass is 10.1. The van der Waals surface area contributed by atoms with E-state index >= 15 is 0 Å². The van der Waals surface area contributed by atoms with Crippen LogP contribution in [0.25, 0.3) is 0 Å². The second kappa shape index (κ2) is 7.69. The van der Waals surface area contributed by atoms with Crippen LogP contribution < -0.4 is 0 Å². The molecule has 0 radical (unpaired) electrons. The maximum Gasteiger partial charge on any atom is 0.206 e. The summed E-state index contributed by atoms with van der Waals surface area (Å²) < 4.78 is 25.7. The minimum Gasteiger partial charge on any atom is -0.219 e. The number of benzene rings is 2. The molecule has 0 aliphatic rings. The molecule has 2 rings (SSSR count). The van der Waals surface area contributed by atoms with Gasteiger partial charge in [0.1, 0.15) is 0 Å². The summed E-state index contributed by atoms with van der Waals surface area (Å²) in [5.41, 5.74) is 1.63. The van der Waals surface area contributed by atoms with E-state index in [2.05, 4.69) is 0 Å². The fourth-order valence-corrected chi connectivity index (χ4v) is 4.00. The summed E-state index contributed by atoms with van der Waals surface area (Å²) in [4.78, 5) is 0.516. The van der Waals surface area contributed by atoms with E-state index in [9.17, 15) is 8.42 Å². The molecule has 5 heteroatoms. The summed E-state index contributed by atoms with van der Waals surface area (Å²) in [6, 6.07) is 13.7. The van der Waals surface area contributed by atoms with Gasteiger partial charge in [0.25, 0.3) is 0 Å². The lowest BCUT2D eigenvalue weighted by Crippen LogP contribution is -2.04. The van der Waals surface area contributed by atoms with Crippen molar-refractivity contribution < 1.29 is 8.42 Å². The Morgan fingerprint density at radius 3 is 1.57 bits per heavy atom. The van der Waals surface area contributed by atoms with Crippen molar-refractivity contribution in [2.24, 2.45) is 0 Å². The Labute approximate surface area is 148 Å². The first-order valence-corrected chi connectivity index (χ1v) is 9.98. The van der Waals surface area contributed by atoms with Crippen molar-refractivity contribution in [3.8, 4) is 0 Å². The van der Waals surface area contributed by atoms with Crippen molar-refractivity contribution in [1.82, 2.24) is 0 Å². The number of hydrogen-bond acceptors (Lipinski definition) is 2. The SMILES string of the molecule is CCC(Cl)c1cccc(S(=O)(=O)c2cccc(C(Cl)CC)c2)c1. The number of rotatable bonds is 6. The molecule has 0 heterocycles. The van der Waals surface area contributed by atoms with Crippen LogP contribution in [-0.4, -0.2) is 8.42 Å². The molecular formula is C18H20Cl2O2S. The predicted molar refractivity (Wildman–Crippen MR) is 96.1 cm³/mol. The van der Waals surface area contributed by atoms with Gasteiger partial charge in [-0.05, 0) is 48.2 Å². The Bertz CT molecular complexity index is 713. The van der Waals surface area contributed by atoms with Crippen LogP contribution in [0.15, 0.2) is 58.3 Å². The smallest absolute Gasteiger partial charge is 0.206 e. The molecule has 0 N–H and O–H groups in total. The molecule has 0 saturated heterocycles. The largest absolute Gasteiger partial charge is 0.219 e. The van der Waals surface area contributed by atoms with Crippen LogP contribution in [0.3, 0.4) is 0 Å². The van der Waals surface area contributed by atoms with E-state index < -0.39 is 9.84 Å². The van der Waals surface area contributed by atoms with E-state index in [4.69, 9.17) is 23.2 Å². The maximum atomic E-state index is 12.9. The van der Waals surface area contributed by atoms with E-state index in [1.165, 1.54) is 0 Å². The lowest BCUT2D eigenvalue weighted by molar-refractivity contribution is 0.595. The minimum atomic E-state index is -3.58. The molecule has 2 aromatic rings. The molecule has 124 valence electrons. The predicted octanol–water partition coefficient (Wildman–Crippen LogP) is 5.90. The molecule has 0 aromatic heterocycles. The Kier molecular flexibility index (Phi) is 6.12. The van der Waals surface area contributed by atoms with Crippen LogP contribution in [0.5, 0.6) is 0 Å². The average molecular weight is 371 g/mol. The van der Waals surface area contributed by atoms with Crippen molar-refractivity contribution >= 4 is 33.0 Å². The van der Waals surface area contributed by atoms with Crippen LogP contribution in [-0.2, 0) is 9.84 Å². The molecule has 0 spiro atoms. The standard InChI is InChI=1S/C18H20Cl2O2S/c1-3-17(19)13-7-5-9-15(11-13)23(21,22)16-10-6-8-14(12-16)18(20)4-2/h5-12,17-18H,3-4H2,1-2H3. The molecule has 2 aromatic carbocycles. The van der Waals surface area contributed by atoms with E-state index in [0.29, 0.717) is 0 Å². The second-order valence-corrected chi connectivity index (χ2v) is 8.40. The molecule has 0 aliphatic carbocycles. The summed E-state index contributed by atoms with van der Waals surface area (Å²) in [5, 5.41) is -0.382. The molecule has 2 unspecified atom stereocenters. The van der Waals surface area contributed by atoms with Crippen LogP contribution in [0.1, 0.15) is 48.6 Å². The fraction of sp³-hybridized carbons (Fsp3) is 0.333. The maximum absolute atomic E-state index is 12.9. The highest BCUT2D eigenvalue weighted by molar-refractivity contribution is 7.91. The van der Waals surface area contributed by atoms with Crippen LogP contribution >= 0.6 is 23.2 Å². The summed E-state index contributed by atoms with van der Waals surface area (Å²) in [6.07, 6.45) is 1.48. The van der Waals surface area contributed by atoms with Gasteiger partial charge in [0.05, 0.1) is 20.5 Å². The normalized spacial score (nSPS) is 14.4. The zero-order chi connectivity index (χ0) is 17.0. The fourth-order valence-electron chi connectivity index (χ4n) is 2.36. The third kappa shape index (κ3) is 4.09. The number of halogens is 2. The van der Waals surface area contributed by atoms with E-state index in [-0.39, 0.29) is 20.5 Å². The second-order valence-electron chi connectivity index (χ2n) is 5.40. The van der Waals surface area contributed by atoms with E-state index in [1.807, 2.05) is 26.0 Å². The van der Waals surface area contributed by atoms with Crippen LogP contribution in [0, 0.1) is 0 Å². The number of hydrogen-bond donors (Lipinski definition) is 0. The van der Waals surface area contributed by atoms with Crippen LogP contribution in [0.2, 0.25) is 0 Å². The summed E-state index contributed by atoms with van der Waals surface area (Å²) in [5.74, 6) is 0. The van der Waals surface area contributed by atoms with Crippen molar-refractivity contribution in [2.45, 2.75) is 47.2 Å². The molecule has 2 atom stereocenters. The first-order valence-electron chi connectivity index (χ1n) is 7.63. The summed E-state index contributed by atoms with van der Waals surface area (Å²) >= 11 is 12.5. The van der Waals surface area contributed by atoms with Crippen LogP contribution in [0.4, 0.5) is 0 Å². The van der Waals surface area contributed by atoms with Gasteiger partial charge in [-0.2, -0.15) is 0 Å². The molecule has 23 heavy (non-hydrogen) atoms. The highest BCUT2D eigenvalue weighted by Crippen LogP contribution is 2.30. The van der Waals surface area contributed by atoms with E-state index in [0.717, 1.165) is 24.0 Å². The zero-order valence-corrected chi connectivity index (χ0v) is 15.5. The molecule has 2 nitrogen and oxygen atoms in total. The van der Waals surface area contributed by atoms with Crippen molar-refractivity contribution in [3.63, 3.8) is 0 Å². The van der Waals surface area contributed by atoms with Gasteiger partial charge in [0.2, 0.25) is 9.84 Å². The average Bonchev–Trinajstić information content (AvgIpc) is 2.60. The van der Waals surface area contributed by atoms with Gasteiger partial charge in [0, 0.05) is 0 Å². The summed E-state index contributed by atoms with van der Waals surface area (Å²) in [7, 11) is -3.58. The van der Waals surface area contributed by atoms with Gasteiger partial charge in [-0.3, -0.25) is 0 Å². The topological polar surface area (TPSA) is 34.1 Å². The first kappa shape index (κ1) is 18.3. The molecule has 0 aliphatic heterocycles. The van der Waals surface area contributed by atoms with Gasteiger partial charge in [-0.1, -0.05) is 38.1 Å². The van der Waals surface area contributed by atoms with Gasteiger partial charge in [-0.15, -0.1) is 23.2 Å². The molecule has 0 amide bonds. The Morgan fingerprint density at radius 2 is 1.22 bits per heavy atom. The van der Waals surface area contributed by atoms with Crippen molar-refractivity contribution in [3.05, 3.63) is 59.7 Å². The van der Waals surface area contributed by atoms with Gasteiger partial charge in [0.15, 0.2) is 0 Å². The quantitative estimate of drug-likeness (QED) is 0.593. The van der Waals surface area contributed by atoms with Crippen molar-refractivity contribution in [2.75, 3.05) is 0 Å². The van der Waals surface area contributed by atoms with Gasteiger partial charge in [-0.25, -0.2) is 8.42 Å². The van der Waals surface area contributed by atoms with Crippen molar-refractivity contribution in [1.29, 1.82) is 0 Å². The number of sulfone groups is 1. The molecule has 0 fully saturated rings.